The van der Waals surface area contributed by atoms with Gasteiger partial charge in [-0.1, -0.05) is 30.3 Å². The molecule has 3 heteroatoms. The average Bonchev–Trinajstić information content (AvgIpc) is 2.07. The van der Waals surface area contributed by atoms with Crippen LogP contribution in [-0.2, 0) is 0 Å². The van der Waals surface area contributed by atoms with Gasteiger partial charge < -0.3 is 5.73 Å². The molecule has 0 amide bonds. The highest BCUT2D eigenvalue weighted by molar-refractivity contribution is 6.00. The molecule has 0 spiro atoms. The topological polar surface area (TPSA) is 62.2 Å². The maximum absolute atomic E-state index is 6.69. The minimum Gasteiger partial charge on any atom is -0.383 e. The molecule has 1 aromatic rings. The van der Waals surface area contributed by atoms with Gasteiger partial charge in [0.2, 0.25) is 0 Å². The zero-order valence-electron chi connectivity index (χ0n) is 5.99. The second-order valence-electron chi connectivity index (χ2n) is 2.01. The number of amidine groups is 1. The maximum Gasteiger partial charge on any atom is 0.132 e. The van der Waals surface area contributed by atoms with Crippen LogP contribution in [0.25, 0.3) is 0 Å². The Hall–Kier alpha value is -1.64. The summed E-state index contributed by atoms with van der Waals surface area (Å²) in [4.78, 5) is 3.63. The third-order valence-corrected chi connectivity index (χ3v) is 1.27. The van der Waals surface area contributed by atoms with Gasteiger partial charge >= 0.3 is 0 Å². The summed E-state index contributed by atoms with van der Waals surface area (Å²) in [6.45, 7) is 0. The number of nitrogens with one attached hydrogen (secondary N) is 1. The molecule has 0 heterocycles. The first-order valence-corrected chi connectivity index (χ1v) is 3.22. The van der Waals surface area contributed by atoms with Crippen molar-refractivity contribution in [1.29, 1.82) is 5.41 Å². The lowest BCUT2D eigenvalue weighted by atomic mass is 10.2. The number of hydrogen-bond donors (Lipinski definition) is 2. The molecule has 1 rings (SSSR count). The smallest absolute Gasteiger partial charge is 0.132 e. The number of rotatable bonds is 2. The Morgan fingerprint density at radius 2 is 2.00 bits per heavy atom. The summed E-state index contributed by atoms with van der Waals surface area (Å²) in [5.41, 5.74) is 6.35. The van der Waals surface area contributed by atoms with E-state index in [9.17, 15) is 0 Å². The van der Waals surface area contributed by atoms with Crippen molar-refractivity contribution in [2.45, 2.75) is 0 Å². The third kappa shape index (κ3) is 1.89. The van der Waals surface area contributed by atoms with E-state index in [2.05, 4.69) is 4.99 Å². The number of benzene rings is 1. The van der Waals surface area contributed by atoms with E-state index in [1.54, 1.807) is 0 Å². The number of aliphatic imine (C=N–C) groups is 1. The van der Waals surface area contributed by atoms with E-state index in [1.807, 2.05) is 30.3 Å². The second kappa shape index (κ2) is 3.51. The molecule has 0 aliphatic rings. The molecule has 0 saturated carbocycles. The van der Waals surface area contributed by atoms with E-state index in [1.165, 1.54) is 0 Å². The highest BCUT2D eigenvalue weighted by atomic mass is 14.9. The molecule has 0 aromatic heterocycles. The van der Waals surface area contributed by atoms with Gasteiger partial charge in [0.25, 0.3) is 0 Å². The van der Waals surface area contributed by atoms with Crippen LogP contribution in [0.3, 0.4) is 0 Å². The first kappa shape index (κ1) is 7.47. The monoisotopic (exact) mass is 147 g/mol. The summed E-state index contributed by atoms with van der Waals surface area (Å²) in [5.74, 6) is 0.376. The Bertz CT molecular complexity index is 264. The van der Waals surface area contributed by atoms with Gasteiger partial charge in [0.15, 0.2) is 0 Å². The molecule has 3 N–H and O–H groups in total. The van der Waals surface area contributed by atoms with E-state index in [0.717, 1.165) is 11.9 Å². The van der Waals surface area contributed by atoms with Crippen molar-refractivity contribution in [2.24, 2.45) is 10.7 Å². The third-order valence-electron chi connectivity index (χ3n) is 1.27. The molecule has 11 heavy (non-hydrogen) atoms. The van der Waals surface area contributed by atoms with Crippen molar-refractivity contribution in [3.8, 4) is 0 Å². The average molecular weight is 147 g/mol. The number of hydrogen-bond acceptors (Lipinski definition) is 1. The zero-order chi connectivity index (χ0) is 8.10. The van der Waals surface area contributed by atoms with Crippen molar-refractivity contribution >= 4 is 12.2 Å². The van der Waals surface area contributed by atoms with Gasteiger partial charge in [0.05, 0.1) is 0 Å². The van der Waals surface area contributed by atoms with Crippen LogP contribution in [0.2, 0.25) is 0 Å². The molecule has 0 fully saturated rings. The summed E-state index contributed by atoms with van der Waals surface area (Å²) in [6.07, 6.45) is 0.933. The summed E-state index contributed by atoms with van der Waals surface area (Å²) < 4.78 is 0. The van der Waals surface area contributed by atoms with Crippen LogP contribution in [0.4, 0.5) is 0 Å². The standard InChI is InChI=1S/C8H9N3/c9-6-11-8(10)7-4-2-1-3-5-7/h1-6H,(H3,9,10,11). The molecule has 1 aromatic carbocycles. The van der Waals surface area contributed by atoms with Crippen LogP contribution in [0.15, 0.2) is 35.3 Å². The first-order chi connectivity index (χ1) is 5.34. The van der Waals surface area contributed by atoms with Crippen molar-refractivity contribution in [1.82, 2.24) is 0 Å². The van der Waals surface area contributed by atoms with Crippen molar-refractivity contribution < 1.29 is 0 Å². The molecule has 0 unspecified atom stereocenters. The predicted octanol–water partition coefficient (Wildman–Crippen LogP) is 0.999. The molecular formula is C8H9N3. The van der Waals surface area contributed by atoms with Crippen LogP contribution in [0.1, 0.15) is 5.56 Å². The van der Waals surface area contributed by atoms with E-state index in [-0.39, 0.29) is 0 Å². The molecule has 0 atom stereocenters. The Balaban J connectivity index is 2.94. The van der Waals surface area contributed by atoms with Crippen molar-refractivity contribution in [3.05, 3.63) is 35.9 Å². The lowest BCUT2D eigenvalue weighted by molar-refractivity contribution is 1.47. The first-order valence-electron chi connectivity index (χ1n) is 3.22. The molecule has 0 radical (unpaired) electrons. The Kier molecular flexibility index (Phi) is 2.38. The van der Waals surface area contributed by atoms with Crippen LogP contribution in [0, 0.1) is 5.41 Å². The minimum absolute atomic E-state index is 0.376. The summed E-state index contributed by atoms with van der Waals surface area (Å²) in [5, 5.41) is 6.69. The Morgan fingerprint density at radius 3 is 2.55 bits per heavy atom. The molecule has 0 saturated heterocycles. The summed E-state index contributed by atoms with van der Waals surface area (Å²) in [7, 11) is 0. The Morgan fingerprint density at radius 1 is 1.36 bits per heavy atom. The van der Waals surface area contributed by atoms with Crippen LogP contribution in [-0.4, -0.2) is 12.2 Å². The zero-order valence-corrected chi connectivity index (χ0v) is 5.99. The van der Waals surface area contributed by atoms with E-state index in [0.29, 0.717) is 5.84 Å². The van der Waals surface area contributed by atoms with Crippen molar-refractivity contribution in [3.63, 3.8) is 0 Å². The quantitative estimate of drug-likeness (QED) is 0.475. The van der Waals surface area contributed by atoms with Gasteiger partial charge in [0, 0.05) is 5.56 Å². The molecule has 0 aliphatic heterocycles. The van der Waals surface area contributed by atoms with Gasteiger partial charge in [-0.25, -0.2) is 4.99 Å². The summed E-state index contributed by atoms with van der Waals surface area (Å²) >= 11 is 0. The van der Waals surface area contributed by atoms with Crippen molar-refractivity contribution in [2.75, 3.05) is 0 Å². The number of nitrogens with zero attached hydrogens (tertiary/aromatic N) is 1. The highest BCUT2D eigenvalue weighted by Crippen LogP contribution is 1.96. The molecule has 56 valence electrons. The molecule has 0 bridgehead atoms. The van der Waals surface area contributed by atoms with Gasteiger partial charge in [-0.15, -0.1) is 0 Å². The summed E-state index contributed by atoms with van der Waals surface area (Å²) in [6, 6.07) is 9.36. The fourth-order valence-electron chi connectivity index (χ4n) is 0.753. The van der Waals surface area contributed by atoms with E-state index >= 15 is 0 Å². The minimum atomic E-state index is 0.376. The lowest BCUT2D eigenvalue weighted by Crippen LogP contribution is -2.12. The maximum atomic E-state index is 6.69. The fourth-order valence-corrected chi connectivity index (χ4v) is 0.753. The molecule has 0 aliphatic carbocycles. The van der Waals surface area contributed by atoms with Gasteiger partial charge in [-0.2, -0.15) is 0 Å². The van der Waals surface area contributed by atoms with E-state index < -0.39 is 0 Å². The van der Waals surface area contributed by atoms with Crippen LogP contribution < -0.4 is 5.73 Å². The largest absolute Gasteiger partial charge is 0.383 e. The Labute approximate surface area is 65.1 Å². The molecule has 3 nitrogen and oxygen atoms in total. The van der Waals surface area contributed by atoms with Gasteiger partial charge in [-0.05, 0) is 0 Å². The van der Waals surface area contributed by atoms with Gasteiger partial charge in [-0.3, -0.25) is 5.41 Å². The number of nitrogens with two attached hydrogens (primary N) is 1. The fraction of sp³-hybridized carbons (Fsp3) is 0. The predicted molar refractivity (Wildman–Crippen MR) is 46.0 cm³/mol. The second-order valence-corrected chi connectivity index (χ2v) is 2.01. The normalized spacial score (nSPS) is 11.1. The SMILES string of the molecule is N=CN=C(N)c1ccccc1. The van der Waals surface area contributed by atoms with Crippen LogP contribution in [0.5, 0.6) is 0 Å². The van der Waals surface area contributed by atoms with Gasteiger partial charge in [0.1, 0.15) is 12.2 Å². The lowest BCUT2D eigenvalue weighted by Gasteiger charge is -1.95. The van der Waals surface area contributed by atoms with E-state index in [4.69, 9.17) is 11.1 Å². The molecular weight excluding hydrogens is 138 g/mol. The van der Waals surface area contributed by atoms with Crippen LogP contribution >= 0.6 is 0 Å². The highest BCUT2D eigenvalue weighted by Gasteiger charge is 1.92.